The maximum Gasteiger partial charge on any atom is 0.251 e. The fourth-order valence-electron chi connectivity index (χ4n) is 2.80. The van der Waals surface area contributed by atoms with Gasteiger partial charge in [0.25, 0.3) is 11.8 Å². The summed E-state index contributed by atoms with van der Waals surface area (Å²) in [6.45, 7) is 10.6. The van der Waals surface area contributed by atoms with Crippen molar-refractivity contribution in [1.82, 2.24) is 5.32 Å². The molecule has 146 valence electrons. The number of amides is 3. The molecule has 0 heterocycles. The van der Waals surface area contributed by atoms with Crippen LogP contribution >= 0.6 is 0 Å². The van der Waals surface area contributed by atoms with Crippen LogP contribution < -0.4 is 16.0 Å². The van der Waals surface area contributed by atoms with Gasteiger partial charge in [-0.05, 0) is 38.0 Å². The average molecular weight is 371 g/mol. The van der Waals surface area contributed by atoms with Crippen LogP contribution in [0.3, 0.4) is 0 Å². The minimum absolute atomic E-state index is 0.173. The molecule has 1 aromatic carbocycles. The fourth-order valence-corrected chi connectivity index (χ4v) is 2.80. The number of hydrogen-bond acceptors (Lipinski definition) is 3. The van der Waals surface area contributed by atoms with Gasteiger partial charge in [-0.3, -0.25) is 14.4 Å². The number of anilines is 2. The molecular weight excluding hydrogens is 342 g/mol. The van der Waals surface area contributed by atoms with Crippen molar-refractivity contribution in [2.75, 3.05) is 10.6 Å². The van der Waals surface area contributed by atoms with Crippen LogP contribution in [-0.2, 0) is 9.59 Å². The molecule has 0 aromatic heterocycles. The van der Waals surface area contributed by atoms with Crippen LogP contribution in [0.4, 0.5) is 11.4 Å². The molecule has 1 aliphatic rings. The summed E-state index contributed by atoms with van der Waals surface area (Å²) in [5, 5.41) is 8.56. The molecule has 0 unspecified atom stereocenters. The molecule has 0 radical (unpaired) electrons. The molecule has 0 bridgehead atoms. The summed E-state index contributed by atoms with van der Waals surface area (Å²) in [7, 11) is 0. The van der Waals surface area contributed by atoms with Gasteiger partial charge in [-0.1, -0.05) is 40.2 Å². The predicted octanol–water partition coefficient (Wildman–Crippen LogP) is 3.86. The van der Waals surface area contributed by atoms with E-state index < -0.39 is 5.41 Å². The molecule has 0 saturated heterocycles. The molecule has 1 saturated carbocycles. The Balaban J connectivity index is 2.28. The maximum absolute atomic E-state index is 12.7. The number of rotatable bonds is 5. The first-order valence-corrected chi connectivity index (χ1v) is 9.30. The third-order valence-electron chi connectivity index (χ3n) is 4.47. The topological polar surface area (TPSA) is 87.3 Å². The monoisotopic (exact) mass is 371 g/mol. The highest BCUT2D eigenvalue weighted by Gasteiger charge is 2.23. The van der Waals surface area contributed by atoms with Crippen LogP contribution in [-0.4, -0.2) is 23.8 Å². The van der Waals surface area contributed by atoms with E-state index in [0.717, 1.165) is 25.7 Å². The van der Waals surface area contributed by atoms with Crippen LogP contribution in [0.5, 0.6) is 0 Å². The molecule has 2 rings (SSSR count). The number of nitrogens with one attached hydrogen (secondary N) is 3. The molecule has 0 atom stereocenters. The number of carbonyl (C=O) groups is 3. The number of carbonyl (C=O) groups excluding carboxylic acids is 3. The highest BCUT2D eigenvalue weighted by atomic mass is 16.2. The Morgan fingerprint density at radius 3 is 2.07 bits per heavy atom. The van der Waals surface area contributed by atoms with E-state index in [0.29, 0.717) is 22.5 Å². The lowest BCUT2D eigenvalue weighted by molar-refractivity contribution is -0.123. The van der Waals surface area contributed by atoms with Crippen molar-refractivity contribution in [3.8, 4) is 0 Å². The van der Waals surface area contributed by atoms with Gasteiger partial charge in [-0.25, -0.2) is 0 Å². The number of hydrogen-bond donors (Lipinski definition) is 3. The smallest absolute Gasteiger partial charge is 0.251 e. The Labute approximate surface area is 160 Å². The van der Waals surface area contributed by atoms with Crippen LogP contribution in [0.2, 0.25) is 0 Å². The second kappa shape index (κ2) is 8.37. The molecule has 0 spiro atoms. The second-order valence-corrected chi connectivity index (χ2v) is 8.19. The van der Waals surface area contributed by atoms with Gasteiger partial charge in [-0.15, -0.1) is 0 Å². The van der Waals surface area contributed by atoms with Crippen molar-refractivity contribution < 1.29 is 14.4 Å². The minimum Gasteiger partial charge on any atom is -0.349 e. The SMILES string of the molecule is C=C(C)C(=O)Nc1cc(NC(=O)C(C)(C)C)cc(C(=O)NC2CCCC2)c1. The van der Waals surface area contributed by atoms with Crippen molar-refractivity contribution in [2.45, 2.75) is 59.4 Å². The molecule has 27 heavy (non-hydrogen) atoms. The normalized spacial score (nSPS) is 14.5. The van der Waals surface area contributed by atoms with Gasteiger partial charge < -0.3 is 16.0 Å². The highest BCUT2D eigenvalue weighted by molar-refractivity contribution is 6.05. The minimum atomic E-state index is -0.580. The van der Waals surface area contributed by atoms with E-state index in [1.165, 1.54) is 0 Å². The molecule has 0 aliphatic heterocycles. The Morgan fingerprint density at radius 1 is 1.00 bits per heavy atom. The quantitative estimate of drug-likeness (QED) is 0.687. The van der Waals surface area contributed by atoms with Crippen molar-refractivity contribution >= 4 is 29.1 Å². The van der Waals surface area contributed by atoms with Gasteiger partial charge in [0.05, 0.1) is 0 Å². The van der Waals surface area contributed by atoms with Crippen LogP contribution in [0.1, 0.15) is 63.7 Å². The summed E-state index contributed by atoms with van der Waals surface area (Å²) in [6.07, 6.45) is 4.19. The van der Waals surface area contributed by atoms with Crippen LogP contribution in [0.25, 0.3) is 0 Å². The summed E-state index contributed by atoms with van der Waals surface area (Å²) in [6, 6.07) is 5.05. The van der Waals surface area contributed by atoms with Gasteiger partial charge in [-0.2, -0.15) is 0 Å². The maximum atomic E-state index is 12.7. The van der Waals surface area contributed by atoms with Gasteiger partial charge in [0.1, 0.15) is 0 Å². The molecule has 6 nitrogen and oxygen atoms in total. The van der Waals surface area contributed by atoms with E-state index in [1.807, 2.05) is 20.8 Å². The Bertz CT molecular complexity index is 756. The van der Waals surface area contributed by atoms with E-state index in [9.17, 15) is 14.4 Å². The predicted molar refractivity (Wildman–Crippen MR) is 108 cm³/mol. The van der Waals surface area contributed by atoms with E-state index in [2.05, 4.69) is 22.5 Å². The average Bonchev–Trinajstić information content (AvgIpc) is 3.06. The molecule has 1 aliphatic carbocycles. The zero-order valence-electron chi connectivity index (χ0n) is 16.6. The van der Waals surface area contributed by atoms with E-state index in [-0.39, 0.29) is 23.8 Å². The van der Waals surface area contributed by atoms with Crippen molar-refractivity contribution in [3.05, 3.63) is 35.9 Å². The van der Waals surface area contributed by atoms with Gasteiger partial charge in [0.15, 0.2) is 0 Å². The van der Waals surface area contributed by atoms with E-state index >= 15 is 0 Å². The first kappa shape index (κ1) is 20.7. The highest BCUT2D eigenvalue weighted by Crippen LogP contribution is 2.24. The zero-order valence-corrected chi connectivity index (χ0v) is 16.6. The Hall–Kier alpha value is -2.63. The zero-order chi connectivity index (χ0) is 20.2. The van der Waals surface area contributed by atoms with Gasteiger partial charge >= 0.3 is 0 Å². The molecule has 1 fully saturated rings. The molecule has 3 amide bonds. The van der Waals surface area contributed by atoms with Crippen molar-refractivity contribution in [1.29, 1.82) is 0 Å². The largest absolute Gasteiger partial charge is 0.349 e. The molecule has 6 heteroatoms. The van der Waals surface area contributed by atoms with Gasteiger partial charge in [0, 0.05) is 34.0 Å². The van der Waals surface area contributed by atoms with E-state index in [4.69, 9.17) is 0 Å². The van der Waals surface area contributed by atoms with Crippen molar-refractivity contribution in [3.63, 3.8) is 0 Å². The van der Waals surface area contributed by atoms with E-state index in [1.54, 1.807) is 25.1 Å². The molecular formula is C21H29N3O3. The number of benzene rings is 1. The first-order chi connectivity index (χ1) is 12.6. The molecule has 1 aromatic rings. The summed E-state index contributed by atoms with van der Waals surface area (Å²) in [5.41, 5.74) is 1.07. The standard InChI is InChI=1S/C21H29N3O3/c1-13(2)18(25)23-16-10-14(19(26)22-15-8-6-7-9-15)11-17(12-16)24-20(27)21(3,4)5/h10-12,15H,1,6-9H2,2-5H3,(H,22,26)(H,23,25)(H,24,27). The summed E-state index contributed by atoms with van der Waals surface area (Å²) < 4.78 is 0. The first-order valence-electron chi connectivity index (χ1n) is 9.30. The Kier molecular flexibility index (Phi) is 6.41. The molecule has 3 N–H and O–H groups in total. The summed E-state index contributed by atoms with van der Waals surface area (Å²) >= 11 is 0. The third kappa shape index (κ3) is 5.94. The summed E-state index contributed by atoms with van der Waals surface area (Å²) in [5.74, 6) is -0.718. The Morgan fingerprint density at radius 2 is 1.56 bits per heavy atom. The summed E-state index contributed by atoms with van der Waals surface area (Å²) in [4.78, 5) is 36.9. The lowest BCUT2D eigenvalue weighted by atomic mass is 9.95. The third-order valence-corrected chi connectivity index (χ3v) is 4.47. The second-order valence-electron chi connectivity index (χ2n) is 8.19. The van der Waals surface area contributed by atoms with Gasteiger partial charge in [0.2, 0.25) is 5.91 Å². The lowest BCUT2D eigenvalue weighted by Crippen LogP contribution is -2.33. The van der Waals surface area contributed by atoms with Crippen molar-refractivity contribution in [2.24, 2.45) is 5.41 Å². The fraction of sp³-hybridized carbons (Fsp3) is 0.476. The van der Waals surface area contributed by atoms with Crippen LogP contribution in [0, 0.1) is 5.41 Å². The lowest BCUT2D eigenvalue weighted by Gasteiger charge is -2.19. The van der Waals surface area contributed by atoms with Crippen LogP contribution in [0.15, 0.2) is 30.4 Å².